The van der Waals surface area contributed by atoms with E-state index in [-0.39, 0.29) is 5.75 Å². The summed E-state index contributed by atoms with van der Waals surface area (Å²) in [5, 5.41) is 13.2. The van der Waals surface area contributed by atoms with Crippen LogP contribution in [0.1, 0.15) is 31.7 Å². The maximum absolute atomic E-state index is 9.30. The van der Waals surface area contributed by atoms with Crippen LogP contribution in [0.5, 0.6) is 5.75 Å². The maximum atomic E-state index is 9.30. The first-order chi connectivity index (χ1) is 7.65. The molecule has 1 fully saturated rings. The van der Waals surface area contributed by atoms with Crippen molar-refractivity contribution in [1.29, 1.82) is 0 Å². The molecule has 1 aromatic rings. The smallest absolute Gasteiger partial charge is 0.134 e. The summed E-state index contributed by atoms with van der Waals surface area (Å²) in [5.74, 6) is 1.10. The molecule has 0 bridgehead atoms. The maximum Gasteiger partial charge on any atom is 0.134 e. The molecule has 0 heterocycles. The second-order valence-electron chi connectivity index (χ2n) is 4.75. The summed E-state index contributed by atoms with van der Waals surface area (Å²) < 4.78 is 0. The van der Waals surface area contributed by atoms with Crippen LogP contribution in [0.15, 0.2) is 18.2 Å². The molecule has 2 rings (SSSR count). The topological polar surface area (TPSA) is 32.3 Å². The molecule has 1 aliphatic carbocycles. The fraction of sp³-hybridized carbons (Fsp3) is 0.538. The molecule has 0 spiro atoms. The van der Waals surface area contributed by atoms with Crippen molar-refractivity contribution >= 4 is 11.6 Å². The van der Waals surface area contributed by atoms with Crippen molar-refractivity contribution in [3.05, 3.63) is 28.8 Å². The van der Waals surface area contributed by atoms with E-state index >= 15 is 0 Å². The Morgan fingerprint density at radius 3 is 2.88 bits per heavy atom. The minimum Gasteiger partial charge on any atom is -0.506 e. The van der Waals surface area contributed by atoms with Crippen molar-refractivity contribution < 1.29 is 5.11 Å². The normalized spacial score (nSPS) is 17.4. The van der Waals surface area contributed by atoms with Crippen molar-refractivity contribution in [3.8, 4) is 5.75 Å². The molecule has 0 saturated heterocycles. The molecule has 88 valence electrons. The number of rotatable bonds is 5. The Labute approximate surface area is 102 Å². The predicted molar refractivity (Wildman–Crippen MR) is 66.8 cm³/mol. The lowest BCUT2D eigenvalue weighted by Gasteiger charge is -2.13. The molecule has 0 aliphatic heterocycles. The molecule has 1 saturated carbocycles. The van der Waals surface area contributed by atoms with E-state index < -0.39 is 0 Å². The van der Waals surface area contributed by atoms with E-state index in [1.165, 1.54) is 19.3 Å². The number of benzene rings is 1. The van der Waals surface area contributed by atoms with Crippen molar-refractivity contribution in [1.82, 2.24) is 5.32 Å². The van der Waals surface area contributed by atoms with E-state index in [2.05, 4.69) is 12.2 Å². The van der Waals surface area contributed by atoms with E-state index in [0.29, 0.717) is 11.1 Å². The summed E-state index contributed by atoms with van der Waals surface area (Å²) in [4.78, 5) is 0. The van der Waals surface area contributed by atoms with Crippen LogP contribution < -0.4 is 5.32 Å². The van der Waals surface area contributed by atoms with Gasteiger partial charge in [-0.25, -0.2) is 0 Å². The SMILES string of the molecule is CC(CC1CC1)NCc1ccc(O)c(Cl)c1. The van der Waals surface area contributed by atoms with Gasteiger partial charge >= 0.3 is 0 Å². The largest absolute Gasteiger partial charge is 0.506 e. The van der Waals surface area contributed by atoms with Gasteiger partial charge in [-0.05, 0) is 37.0 Å². The Kier molecular flexibility index (Phi) is 3.72. The highest BCUT2D eigenvalue weighted by molar-refractivity contribution is 6.32. The molecule has 2 nitrogen and oxygen atoms in total. The molecule has 1 unspecified atom stereocenters. The number of phenols is 1. The van der Waals surface area contributed by atoms with Crippen LogP contribution in [0.4, 0.5) is 0 Å². The van der Waals surface area contributed by atoms with Crippen LogP contribution in [0.3, 0.4) is 0 Å². The summed E-state index contributed by atoms with van der Waals surface area (Å²) in [6.07, 6.45) is 4.07. The van der Waals surface area contributed by atoms with Crippen LogP contribution in [-0.4, -0.2) is 11.1 Å². The summed E-state index contributed by atoms with van der Waals surface area (Å²) in [7, 11) is 0. The lowest BCUT2D eigenvalue weighted by Crippen LogP contribution is -2.25. The minimum atomic E-state index is 0.149. The highest BCUT2D eigenvalue weighted by Crippen LogP contribution is 2.33. The second-order valence-corrected chi connectivity index (χ2v) is 5.15. The summed E-state index contributed by atoms with van der Waals surface area (Å²) in [6, 6.07) is 5.91. The monoisotopic (exact) mass is 239 g/mol. The third-order valence-electron chi connectivity index (χ3n) is 3.05. The molecule has 0 aromatic heterocycles. The summed E-state index contributed by atoms with van der Waals surface area (Å²) >= 11 is 5.85. The predicted octanol–water partition coefficient (Wildman–Crippen LogP) is 3.32. The zero-order valence-corrected chi connectivity index (χ0v) is 10.3. The molecular weight excluding hydrogens is 222 g/mol. The lowest BCUT2D eigenvalue weighted by molar-refractivity contribution is 0.473. The van der Waals surface area contributed by atoms with Crippen molar-refractivity contribution in [2.24, 2.45) is 5.92 Å². The highest BCUT2D eigenvalue weighted by Gasteiger charge is 2.23. The van der Waals surface area contributed by atoms with Gasteiger partial charge in [0.25, 0.3) is 0 Å². The van der Waals surface area contributed by atoms with Gasteiger partial charge in [-0.2, -0.15) is 0 Å². The molecule has 16 heavy (non-hydrogen) atoms. The fourth-order valence-electron chi connectivity index (χ4n) is 1.89. The molecule has 1 aromatic carbocycles. The average Bonchev–Trinajstić information content (AvgIpc) is 3.04. The van der Waals surface area contributed by atoms with E-state index in [1.54, 1.807) is 6.07 Å². The number of phenolic OH excluding ortho intramolecular Hbond substituents is 1. The number of nitrogens with one attached hydrogen (secondary N) is 1. The molecule has 3 heteroatoms. The van der Waals surface area contributed by atoms with Gasteiger partial charge in [0, 0.05) is 12.6 Å². The lowest BCUT2D eigenvalue weighted by atomic mass is 10.1. The molecule has 1 aliphatic rings. The molecule has 1 atom stereocenters. The van der Waals surface area contributed by atoms with Gasteiger partial charge in [0.2, 0.25) is 0 Å². The Morgan fingerprint density at radius 2 is 2.25 bits per heavy atom. The summed E-state index contributed by atoms with van der Waals surface area (Å²) in [6.45, 7) is 3.04. The van der Waals surface area contributed by atoms with Gasteiger partial charge in [0.15, 0.2) is 0 Å². The number of hydrogen-bond donors (Lipinski definition) is 2. The van der Waals surface area contributed by atoms with Crippen LogP contribution in [0, 0.1) is 5.92 Å². The number of aromatic hydroxyl groups is 1. The van der Waals surface area contributed by atoms with E-state index in [0.717, 1.165) is 18.0 Å². The van der Waals surface area contributed by atoms with Crippen LogP contribution in [0.25, 0.3) is 0 Å². The molecular formula is C13H18ClNO. The Morgan fingerprint density at radius 1 is 1.50 bits per heavy atom. The molecule has 0 amide bonds. The van der Waals surface area contributed by atoms with Gasteiger partial charge in [-0.3, -0.25) is 0 Å². The number of hydrogen-bond acceptors (Lipinski definition) is 2. The van der Waals surface area contributed by atoms with Crippen molar-refractivity contribution in [2.45, 2.75) is 38.8 Å². The third-order valence-corrected chi connectivity index (χ3v) is 3.35. The first kappa shape index (κ1) is 11.7. The minimum absolute atomic E-state index is 0.149. The fourth-order valence-corrected chi connectivity index (χ4v) is 2.09. The first-order valence-corrected chi connectivity index (χ1v) is 6.23. The molecule has 0 radical (unpaired) electrons. The van der Waals surface area contributed by atoms with Gasteiger partial charge in [0.05, 0.1) is 5.02 Å². The highest BCUT2D eigenvalue weighted by atomic mass is 35.5. The third kappa shape index (κ3) is 3.39. The Balaban J connectivity index is 1.81. The summed E-state index contributed by atoms with van der Waals surface area (Å²) in [5.41, 5.74) is 1.12. The van der Waals surface area contributed by atoms with E-state index in [9.17, 15) is 5.11 Å². The Bertz CT molecular complexity index is 363. The van der Waals surface area contributed by atoms with Crippen molar-refractivity contribution in [3.63, 3.8) is 0 Å². The van der Waals surface area contributed by atoms with Gasteiger partial charge in [-0.1, -0.05) is 30.5 Å². The van der Waals surface area contributed by atoms with E-state index in [1.807, 2.05) is 12.1 Å². The van der Waals surface area contributed by atoms with Gasteiger partial charge in [0.1, 0.15) is 5.75 Å². The first-order valence-electron chi connectivity index (χ1n) is 5.86. The van der Waals surface area contributed by atoms with Crippen LogP contribution >= 0.6 is 11.6 Å². The standard InChI is InChI=1S/C13H18ClNO/c1-9(6-10-2-3-10)15-8-11-4-5-13(16)12(14)7-11/h4-5,7,9-10,15-16H,2-3,6,8H2,1H3. The zero-order valence-electron chi connectivity index (χ0n) is 9.54. The molecule has 2 N–H and O–H groups in total. The zero-order chi connectivity index (χ0) is 11.5. The second kappa shape index (κ2) is 5.07. The van der Waals surface area contributed by atoms with Crippen molar-refractivity contribution in [2.75, 3.05) is 0 Å². The Hall–Kier alpha value is -0.730. The average molecular weight is 240 g/mol. The quantitative estimate of drug-likeness (QED) is 0.826. The van der Waals surface area contributed by atoms with Crippen LogP contribution in [-0.2, 0) is 6.54 Å². The number of halogens is 1. The van der Waals surface area contributed by atoms with Gasteiger partial charge in [-0.15, -0.1) is 0 Å². The van der Waals surface area contributed by atoms with Crippen LogP contribution in [0.2, 0.25) is 5.02 Å². The van der Waals surface area contributed by atoms with E-state index in [4.69, 9.17) is 11.6 Å². The van der Waals surface area contributed by atoms with Gasteiger partial charge < -0.3 is 10.4 Å².